The van der Waals surface area contributed by atoms with Crippen LogP contribution in [0.15, 0.2) is 42.7 Å². The van der Waals surface area contributed by atoms with Crippen LogP contribution in [0.1, 0.15) is 0 Å². The molecule has 2 aromatic heterocycles. The van der Waals surface area contributed by atoms with Crippen LogP contribution in [0, 0.1) is 6.20 Å². The van der Waals surface area contributed by atoms with Gasteiger partial charge in [0.2, 0.25) is 0 Å². The monoisotopic (exact) mass is 194 g/mol. The summed E-state index contributed by atoms with van der Waals surface area (Å²) in [5, 5.41) is 2.30. The van der Waals surface area contributed by atoms with Crippen LogP contribution in [0.4, 0.5) is 0 Å². The van der Waals surface area contributed by atoms with Crippen LogP contribution in [-0.4, -0.2) is 15.0 Å². The summed E-state index contributed by atoms with van der Waals surface area (Å²) >= 11 is 0. The molecule has 3 nitrogen and oxygen atoms in total. The molecule has 0 spiro atoms. The van der Waals surface area contributed by atoms with E-state index in [9.17, 15) is 0 Å². The number of fused-ring (bicyclic) bond motifs is 1. The number of aromatic nitrogens is 3. The molecule has 3 aromatic rings. The van der Waals surface area contributed by atoms with Gasteiger partial charge in [0.05, 0.1) is 0 Å². The van der Waals surface area contributed by atoms with Gasteiger partial charge in [0, 0.05) is 17.8 Å². The minimum atomic E-state index is 0.751. The van der Waals surface area contributed by atoms with Crippen LogP contribution in [0.5, 0.6) is 0 Å². The zero-order chi connectivity index (χ0) is 10.1. The maximum absolute atomic E-state index is 4.34. The number of benzene rings is 1. The predicted octanol–water partition coefficient (Wildman–Crippen LogP) is 2.43. The normalized spacial score (nSPS) is 10.7. The molecule has 0 bridgehead atoms. The molecule has 15 heavy (non-hydrogen) atoms. The molecule has 0 amide bonds. The van der Waals surface area contributed by atoms with E-state index < -0.39 is 0 Å². The number of hydrogen-bond donors (Lipinski definition) is 1. The van der Waals surface area contributed by atoms with Crippen molar-refractivity contribution in [3.63, 3.8) is 0 Å². The van der Waals surface area contributed by atoms with Gasteiger partial charge >= 0.3 is 0 Å². The van der Waals surface area contributed by atoms with E-state index in [2.05, 4.69) is 27.2 Å². The Morgan fingerprint density at radius 3 is 2.80 bits per heavy atom. The van der Waals surface area contributed by atoms with Crippen LogP contribution in [0.25, 0.3) is 22.3 Å². The van der Waals surface area contributed by atoms with Crippen molar-refractivity contribution in [2.24, 2.45) is 0 Å². The third-order valence-corrected chi connectivity index (χ3v) is 2.32. The van der Waals surface area contributed by atoms with Crippen molar-refractivity contribution in [1.29, 1.82) is 0 Å². The summed E-state index contributed by atoms with van der Waals surface area (Å²) < 4.78 is 0. The molecule has 1 aromatic carbocycles. The average molecular weight is 194 g/mol. The molecule has 0 aliphatic heterocycles. The van der Waals surface area contributed by atoms with Crippen molar-refractivity contribution in [3.05, 3.63) is 48.9 Å². The second-order valence-corrected chi connectivity index (χ2v) is 3.29. The lowest BCUT2D eigenvalue weighted by Crippen LogP contribution is -1.85. The van der Waals surface area contributed by atoms with Crippen molar-refractivity contribution in [2.45, 2.75) is 0 Å². The second-order valence-electron chi connectivity index (χ2n) is 3.29. The maximum Gasteiger partial charge on any atom is 0.156 e. The van der Waals surface area contributed by atoms with Crippen molar-refractivity contribution in [3.8, 4) is 11.5 Å². The molecule has 0 fully saturated rings. The Bertz CT molecular complexity index is 585. The first-order valence-electron chi connectivity index (χ1n) is 4.70. The van der Waals surface area contributed by atoms with Crippen LogP contribution < -0.4 is 0 Å². The van der Waals surface area contributed by atoms with E-state index in [4.69, 9.17) is 0 Å². The highest BCUT2D eigenvalue weighted by Crippen LogP contribution is 2.18. The number of pyridine rings is 1. The van der Waals surface area contributed by atoms with Gasteiger partial charge in [0.1, 0.15) is 11.9 Å². The summed E-state index contributed by atoms with van der Waals surface area (Å²) in [7, 11) is 0. The minimum Gasteiger partial charge on any atom is -0.343 e. The van der Waals surface area contributed by atoms with Gasteiger partial charge in [-0.15, -0.1) is 0 Å². The predicted molar refractivity (Wildman–Crippen MR) is 58.2 cm³/mol. The van der Waals surface area contributed by atoms with E-state index in [0.29, 0.717) is 0 Å². The summed E-state index contributed by atoms with van der Waals surface area (Å²) in [5.41, 5.74) is 0.843. The first kappa shape index (κ1) is 8.17. The van der Waals surface area contributed by atoms with Crippen LogP contribution in [-0.2, 0) is 0 Å². The quantitative estimate of drug-likeness (QED) is 0.646. The van der Waals surface area contributed by atoms with Crippen molar-refractivity contribution >= 4 is 10.8 Å². The molecule has 0 aliphatic rings. The number of hydrogen-bond acceptors (Lipinski definition) is 2. The molecule has 0 aliphatic carbocycles. The number of nitrogens with zero attached hydrogens (tertiary/aromatic N) is 2. The van der Waals surface area contributed by atoms with E-state index in [1.165, 1.54) is 5.39 Å². The van der Waals surface area contributed by atoms with Gasteiger partial charge in [-0.05, 0) is 11.5 Å². The highest BCUT2D eigenvalue weighted by Gasteiger charge is 2.02. The molecule has 0 atom stereocenters. The minimum absolute atomic E-state index is 0.751. The summed E-state index contributed by atoms with van der Waals surface area (Å²) in [5.74, 6) is 0.751. The van der Waals surface area contributed by atoms with Crippen molar-refractivity contribution in [1.82, 2.24) is 15.0 Å². The molecule has 1 N–H and O–H groups in total. The SMILES string of the molecule is [c]1c[nH]c(-c2cc3ccccc3cn2)n1. The molecule has 3 heteroatoms. The van der Waals surface area contributed by atoms with E-state index in [1.807, 2.05) is 30.5 Å². The number of rotatable bonds is 1. The molecule has 2 heterocycles. The number of nitrogens with one attached hydrogen (secondary N) is 1. The largest absolute Gasteiger partial charge is 0.343 e. The summed E-state index contributed by atoms with van der Waals surface area (Å²) in [6, 6.07) is 10.1. The third-order valence-electron chi connectivity index (χ3n) is 2.32. The van der Waals surface area contributed by atoms with Crippen molar-refractivity contribution < 1.29 is 0 Å². The number of H-pyrrole nitrogens is 1. The van der Waals surface area contributed by atoms with Gasteiger partial charge in [-0.25, -0.2) is 4.98 Å². The fraction of sp³-hybridized carbons (Fsp3) is 0. The van der Waals surface area contributed by atoms with Gasteiger partial charge in [-0.1, -0.05) is 24.3 Å². The number of imidazole rings is 1. The van der Waals surface area contributed by atoms with E-state index in [0.717, 1.165) is 16.9 Å². The zero-order valence-corrected chi connectivity index (χ0v) is 7.94. The first-order valence-corrected chi connectivity index (χ1v) is 4.70. The fourth-order valence-corrected chi connectivity index (χ4v) is 1.57. The Balaban J connectivity index is 2.22. The van der Waals surface area contributed by atoms with E-state index >= 15 is 0 Å². The van der Waals surface area contributed by atoms with Gasteiger partial charge in [0.15, 0.2) is 5.82 Å². The van der Waals surface area contributed by atoms with E-state index in [1.54, 1.807) is 6.20 Å². The molecule has 1 radical (unpaired) electrons. The van der Waals surface area contributed by atoms with Crippen LogP contribution >= 0.6 is 0 Å². The fourth-order valence-electron chi connectivity index (χ4n) is 1.57. The molecule has 0 unspecified atom stereocenters. The van der Waals surface area contributed by atoms with Gasteiger partial charge in [-0.2, -0.15) is 0 Å². The Hall–Kier alpha value is -2.16. The van der Waals surface area contributed by atoms with Crippen LogP contribution in [0.3, 0.4) is 0 Å². The molecule has 3 rings (SSSR count). The second kappa shape index (κ2) is 3.20. The summed E-state index contributed by atoms with van der Waals surface area (Å²) in [6.45, 7) is 0. The highest BCUT2D eigenvalue weighted by molar-refractivity contribution is 5.84. The van der Waals surface area contributed by atoms with Gasteiger partial charge in [-0.3, -0.25) is 4.98 Å². The topological polar surface area (TPSA) is 41.6 Å². The summed E-state index contributed by atoms with van der Waals surface area (Å²) in [4.78, 5) is 11.4. The van der Waals surface area contributed by atoms with E-state index in [-0.39, 0.29) is 0 Å². The van der Waals surface area contributed by atoms with Gasteiger partial charge < -0.3 is 4.98 Å². The van der Waals surface area contributed by atoms with Crippen LogP contribution in [0.2, 0.25) is 0 Å². The lowest BCUT2D eigenvalue weighted by atomic mass is 10.1. The Labute approximate surface area is 86.8 Å². The summed E-state index contributed by atoms with van der Waals surface area (Å²) in [6.07, 6.45) is 6.26. The Morgan fingerprint density at radius 2 is 2.00 bits per heavy atom. The number of aromatic amines is 1. The zero-order valence-electron chi connectivity index (χ0n) is 7.94. The maximum atomic E-state index is 4.34. The lowest BCUT2D eigenvalue weighted by Gasteiger charge is -1.99. The Morgan fingerprint density at radius 1 is 1.13 bits per heavy atom. The third kappa shape index (κ3) is 1.38. The molecule has 71 valence electrons. The highest BCUT2D eigenvalue weighted by atomic mass is 14.9. The molecular weight excluding hydrogens is 186 g/mol. The molecular formula is C12H8N3. The Kier molecular flexibility index (Phi) is 1.75. The smallest absolute Gasteiger partial charge is 0.156 e. The standard InChI is InChI=1S/C12H8N3/c1-2-4-10-8-15-11(7-9(10)3-1)12-13-5-6-14-12/h1-5,7-8H,(H,13,14). The first-order chi connectivity index (χ1) is 7.43. The van der Waals surface area contributed by atoms with Crippen molar-refractivity contribution in [2.75, 3.05) is 0 Å². The average Bonchev–Trinajstić information content (AvgIpc) is 2.82. The van der Waals surface area contributed by atoms with Gasteiger partial charge in [0.25, 0.3) is 0 Å². The molecule has 0 saturated carbocycles. The lowest BCUT2D eigenvalue weighted by molar-refractivity contribution is 1.23. The molecule has 0 saturated heterocycles.